The van der Waals surface area contributed by atoms with Crippen LogP contribution < -0.4 is 15.4 Å². The number of unbranched alkanes of at least 4 members (excludes halogenated alkanes) is 1. The lowest BCUT2D eigenvalue weighted by Crippen LogP contribution is -2.40. The van der Waals surface area contributed by atoms with Gasteiger partial charge in [0.2, 0.25) is 0 Å². The van der Waals surface area contributed by atoms with Gasteiger partial charge < -0.3 is 20.1 Å². The minimum Gasteiger partial charge on any atom is -0.492 e. The fraction of sp³-hybridized carbons (Fsp3) is 0.632. The highest BCUT2D eigenvalue weighted by Crippen LogP contribution is 2.10. The Morgan fingerprint density at radius 2 is 1.81 bits per heavy atom. The predicted octanol–water partition coefficient (Wildman–Crippen LogP) is 2.27. The summed E-state index contributed by atoms with van der Waals surface area (Å²) in [5, 5.41) is 6.63. The van der Waals surface area contributed by atoms with Crippen LogP contribution in [-0.2, 0) is 4.74 Å². The lowest BCUT2D eigenvalue weighted by molar-refractivity contribution is 0.0372. The number of hydrogen-bond donors (Lipinski definition) is 2. The quantitative estimate of drug-likeness (QED) is 0.248. The molecule has 2 N–H and O–H groups in total. The van der Waals surface area contributed by atoms with E-state index in [2.05, 4.69) is 39.6 Å². The van der Waals surface area contributed by atoms with Crippen LogP contribution in [0.25, 0.3) is 0 Å². The number of nitrogens with zero attached hydrogens (tertiary/aromatic N) is 2. The van der Waals surface area contributed by atoms with Gasteiger partial charge in [-0.2, -0.15) is 0 Å². The molecule has 1 saturated heterocycles. The van der Waals surface area contributed by atoms with Crippen molar-refractivity contribution in [2.75, 3.05) is 59.6 Å². The molecule has 0 amide bonds. The molecular weight excluding hydrogens is 443 g/mol. The molecule has 0 bridgehead atoms. The monoisotopic (exact) mass is 476 g/mol. The van der Waals surface area contributed by atoms with Gasteiger partial charge in [-0.25, -0.2) is 0 Å². The standard InChI is InChI=1S/C19H32N4O2.HI/c1-17-5-7-18(8-6-17)25-14-10-22-19(20-2)21-9-3-4-11-23-12-15-24-16-13-23;/h5-8H,3-4,9-16H2,1-2H3,(H2,20,21,22);1H. The van der Waals surface area contributed by atoms with Crippen molar-refractivity contribution < 1.29 is 9.47 Å². The van der Waals surface area contributed by atoms with Crippen molar-refractivity contribution in [3.8, 4) is 5.75 Å². The lowest BCUT2D eigenvalue weighted by Gasteiger charge is -2.26. The minimum absolute atomic E-state index is 0. The Bertz CT molecular complexity index is 505. The van der Waals surface area contributed by atoms with E-state index in [1.165, 1.54) is 12.0 Å². The van der Waals surface area contributed by atoms with Gasteiger partial charge in [-0.1, -0.05) is 17.7 Å². The Balaban J connectivity index is 0.00000338. The largest absolute Gasteiger partial charge is 0.492 e. The van der Waals surface area contributed by atoms with E-state index in [4.69, 9.17) is 9.47 Å². The Morgan fingerprint density at radius 3 is 2.50 bits per heavy atom. The summed E-state index contributed by atoms with van der Waals surface area (Å²) in [7, 11) is 1.80. The molecule has 0 aliphatic carbocycles. The number of halogens is 1. The molecule has 0 radical (unpaired) electrons. The Kier molecular flexibility index (Phi) is 12.4. The first kappa shape index (κ1) is 23.0. The molecule has 26 heavy (non-hydrogen) atoms. The predicted molar refractivity (Wildman–Crippen MR) is 118 cm³/mol. The zero-order valence-electron chi connectivity index (χ0n) is 16.0. The van der Waals surface area contributed by atoms with E-state index < -0.39 is 0 Å². The molecule has 7 heteroatoms. The second kappa shape index (κ2) is 14.1. The van der Waals surface area contributed by atoms with E-state index in [9.17, 15) is 0 Å². The van der Waals surface area contributed by atoms with Gasteiger partial charge in [0.05, 0.1) is 19.8 Å². The van der Waals surface area contributed by atoms with E-state index in [-0.39, 0.29) is 24.0 Å². The molecule has 0 aromatic heterocycles. The first-order valence-electron chi connectivity index (χ1n) is 9.22. The normalized spacial score (nSPS) is 15.2. The van der Waals surface area contributed by atoms with Crippen molar-refractivity contribution in [2.24, 2.45) is 4.99 Å². The number of benzene rings is 1. The zero-order chi connectivity index (χ0) is 17.7. The molecule has 0 spiro atoms. The molecule has 0 unspecified atom stereocenters. The molecule has 2 rings (SSSR count). The molecule has 6 nitrogen and oxygen atoms in total. The van der Waals surface area contributed by atoms with Gasteiger partial charge >= 0.3 is 0 Å². The van der Waals surface area contributed by atoms with Crippen LogP contribution in [0.5, 0.6) is 5.75 Å². The number of aliphatic imine (C=N–C) groups is 1. The number of nitrogens with one attached hydrogen (secondary N) is 2. The molecule has 1 fully saturated rings. The zero-order valence-corrected chi connectivity index (χ0v) is 18.3. The van der Waals surface area contributed by atoms with Gasteiger partial charge in [-0.05, 0) is 38.4 Å². The van der Waals surface area contributed by atoms with E-state index in [0.29, 0.717) is 6.61 Å². The summed E-state index contributed by atoms with van der Waals surface area (Å²) < 4.78 is 11.1. The molecule has 0 saturated carbocycles. The topological polar surface area (TPSA) is 58.1 Å². The Labute approximate surface area is 174 Å². The van der Waals surface area contributed by atoms with Crippen LogP contribution in [0.4, 0.5) is 0 Å². The highest BCUT2D eigenvalue weighted by atomic mass is 127. The molecule has 1 aliphatic heterocycles. The van der Waals surface area contributed by atoms with Crippen LogP contribution in [0, 0.1) is 6.92 Å². The summed E-state index contributed by atoms with van der Waals surface area (Å²) >= 11 is 0. The Morgan fingerprint density at radius 1 is 1.12 bits per heavy atom. The summed E-state index contributed by atoms with van der Waals surface area (Å²) in [5.74, 6) is 1.73. The van der Waals surface area contributed by atoms with Gasteiger partial charge in [-0.15, -0.1) is 24.0 Å². The van der Waals surface area contributed by atoms with Crippen molar-refractivity contribution in [1.82, 2.24) is 15.5 Å². The number of hydrogen-bond acceptors (Lipinski definition) is 4. The molecule has 1 aliphatic rings. The number of aryl methyl sites for hydroxylation is 1. The fourth-order valence-electron chi connectivity index (χ4n) is 2.69. The van der Waals surface area contributed by atoms with Crippen molar-refractivity contribution in [3.63, 3.8) is 0 Å². The lowest BCUT2D eigenvalue weighted by atomic mass is 10.2. The minimum atomic E-state index is 0. The average molecular weight is 476 g/mol. The second-order valence-corrected chi connectivity index (χ2v) is 6.25. The summed E-state index contributed by atoms with van der Waals surface area (Å²) in [6.45, 7) is 9.38. The van der Waals surface area contributed by atoms with Crippen LogP contribution in [0.1, 0.15) is 18.4 Å². The van der Waals surface area contributed by atoms with Crippen LogP contribution >= 0.6 is 24.0 Å². The second-order valence-electron chi connectivity index (χ2n) is 6.25. The van der Waals surface area contributed by atoms with Crippen molar-refractivity contribution in [2.45, 2.75) is 19.8 Å². The highest BCUT2D eigenvalue weighted by molar-refractivity contribution is 14.0. The van der Waals surface area contributed by atoms with Crippen molar-refractivity contribution in [1.29, 1.82) is 0 Å². The summed E-state index contributed by atoms with van der Waals surface area (Å²) in [6.07, 6.45) is 2.33. The van der Waals surface area contributed by atoms with E-state index >= 15 is 0 Å². The average Bonchev–Trinajstić information content (AvgIpc) is 2.65. The molecule has 1 aromatic rings. The number of morpholine rings is 1. The number of ether oxygens (including phenoxy) is 2. The van der Waals surface area contributed by atoms with Crippen molar-refractivity contribution >= 4 is 29.9 Å². The van der Waals surface area contributed by atoms with Crippen molar-refractivity contribution in [3.05, 3.63) is 29.8 Å². The third kappa shape index (κ3) is 9.59. The maximum absolute atomic E-state index is 5.71. The van der Waals surface area contributed by atoms with Gasteiger partial charge in [0.15, 0.2) is 5.96 Å². The number of rotatable bonds is 9. The fourth-order valence-corrected chi connectivity index (χ4v) is 2.69. The molecule has 0 atom stereocenters. The third-order valence-electron chi connectivity index (χ3n) is 4.21. The van der Waals surface area contributed by atoms with E-state index in [1.54, 1.807) is 7.05 Å². The maximum atomic E-state index is 5.71. The van der Waals surface area contributed by atoms with E-state index in [1.807, 2.05) is 12.1 Å². The van der Waals surface area contributed by atoms with Gasteiger partial charge in [-0.3, -0.25) is 9.89 Å². The SMILES string of the molecule is CN=C(NCCCCN1CCOCC1)NCCOc1ccc(C)cc1.I. The van der Waals surface area contributed by atoms with Gasteiger partial charge in [0.1, 0.15) is 12.4 Å². The highest BCUT2D eigenvalue weighted by Gasteiger charge is 2.09. The van der Waals surface area contributed by atoms with Gasteiger partial charge in [0, 0.05) is 26.7 Å². The molecule has 148 valence electrons. The molecular formula is C19H33IN4O2. The summed E-state index contributed by atoms with van der Waals surface area (Å²) in [5.41, 5.74) is 1.24. The first-order valence-corrected chi connectivity index (χ1v) is 9.22. The van der Waals surface area contributed by atoms with E-state index in [0.717, 1.165) is 64.1 Å². The first-order chi connectivity index (χ1) is 12.3. The van der Waals surface area contributed by atoms with Crippen LogP contribution in [0.15, 0.2) is 29.3 Å². The van der Waals surface area contributed by atoms with Crippen LogP contribution in [-0.4, -0.2) is 70.5 Å². The number of guanidine groups is 1. The summed E-state index contributed by atoms with van der Waals surface area (Å²) in [4.78, 5) is 6.71. The van der Waals surface area contributed by atoms with Crippen LogP contribution in [0.3, 0.4) is 0 Å². The molecule has 1 aromatic carbocycles. The van der Waals surface area contributed by atoms with Gasteiger partial charge in [0.25, 0.3) is 0 Å². The maximum Gasteiger partial charge on any atom is 0.191 e. The Hall–Kier alpha value is -1.06. The third-order valence-corrected chi connectivity index (χ3v) is 4.21. The van der Waals surface area contributed by atoms with Crippen LogP contribution in [0.2, 0.25) is 0 Å². The smallest absolute Gasteiger partial charge is 0.191 e. The summed E-state index contributed by atoms with van der Waals surface area (Å²) in [6, 6.07) is 8.11. The molecule has 1 heterocycles.